The van der Waals surface area contributed by atoms with Crippen molar-refractivity contribution < 1.29 is 29.5 Å². The molecule has 0 amide bonds. The number of aliphatic hydroxyl groups excluding tert-OH is 3. The van der Waals surface area contributed by atoms with E-state index in [9.17, 15) is 15.3 Å². The average Bonchev–Trinajstić information content (AvgIpc) is 3.27. The molecule has 0 radical (unpaired) electrons. The minimum absolute atomic E-state index is 0.0293. The number of hydrogen-bond donors (Lipinski definition) is 3. The highest BCUT2D eigenvalue weighted by molar-refractivity contribution is 4.92. The second-order valence-electron chi connectivity index (χ2n) is 7.33. The van der Waals surface area contributed by atoms with Crippen molar-refractivity contribution >= 4 is 0 Å². The topological polar surface area (TPSA) is 88.4 Å². The van der Waals surface area contributed by atoms with Crippen LogP contribution < -0.4 is 0 Å². The van der Waals surface area contributed by atoms with Crippen LogP contribution in [0.25, 0.3) is 0 Å². The van der Waals surface area contributed by atoms with Crippen LogP contribution in [0, 0.1) is 11.8 Å². The Labute approximate surface area is 144 Å². The highest BCUT2D eigenvalue weighted by Gasteiger charge is 2.43. The summed E-state index contributed by atoms with van der Waals surface area (Å²) in [6.45, 7) is 9.41. The Kier molecular flexibility index (Phi) is 7.22. The summed E-state index contributed by atoms with van der Waals surface area (Å²) in [7, 11) is 0. The van der Waals surface area contributed by atoms with E-state index in [0.717, 1.165) is 19.3 Å². The van der Waals surface area contributed by atoms with Crippen LogP contribution in [-0.2, 0) is 14.2 Å². The van der Waals surface area contributed by atoms with E-state index in [-0.39, 0.29) is 24.5 Å². The number of hydrogen-bond acceptors (Lipinski definition) is 6. The third kappa shape index (κ3) is 5.51. The van der Waals surface area contributed by atoms with Crippen molar-refractivity contribution in [1.29, 1.82) is 0 Å². The molecule has 1 saturated carbocycles. The van der Waals surface area contributed by atoms with Crippen LogP contribution in [-0.4, -0.2) is 58.4 Å². The summed E-state index contributed by atoms with van der Waals surface area (Å²) in [5.41, 5.74) is 0. The number of ether oxygens (including phenoxy) is 3. The monoisotopic (exact) mass is 344 g/mol. The molecular formula is C18H32O6. The van der Waals surface area contributed by atoms with Gasteiger partial charge in [0.05, 0.1) is 18.3 Å². The van der Waals surface area contributed by atoms with Gasteiger partial charge in [-0.1, -0.05) is 6.08 Å². The Bertz CT molecular complexity index is 401. The lowest BCUT2D eigenvalue weighted by molar-refractivity contribution is -0.267. The number of aliphatic hydroxyl groups is 3. The van der Waals surface area contributed by atoms with E-state index in [2.05, 4.69) is 6.58 Å². The summed E-state index contributed by atoms with van der Waals surface area (Å²) < 4.78 is 16.8. The summed E-state index contributed by atoms with van der Waals surface area (Å²) in [6, 6.07) is 0. The molecule has 0 aromatic carbocycles. The zero-order valence-corrected chi connectivity index (χ0v) is 14.9. The van der Waals surface area contributed by atoms with E-state index in [0.29, 0.717) is 5.92 Å². The largest absolute Gasteiger partial charge is 0.390 e. The first-order valence-corrected chi connectivity index (χ1v) is 8.95. The molecule has 0 bridgehead atoms. The van der Waals surface area contributed by atoms with Gasteiger partial charge in [0.1, 0.15) is 12.2 Å². The molecule has 1 aliphatic carbocycles. The highest BCUT2D eigenvalue weighted by Crippen LogP contribution is 2.45. The predicted molar refractivity (Wildman–Crippen MR) is 89.1 cm³/mol. The third-order valence-corrected chi connectivity index (χ3v) is 4.77. The van der Waals surface area contributed by atoms with Crippen molar-refractivity contribution in [3.63, 3.8) is 0 Å². The van der Waals surface area contributed by atoms with Crippen molar-refractivity contribution in [3.8, 4) is 0 Å². The molecule has 1 unspecified atom stereocenters. The number of rotatable bonds is 9. The molecule has 2 rings (SSSR count). The van der Waals surface area contributed by atoms with Gasteiger partial charge < -0.3 is 29.5 Å². The van der Waals surface area contributed by atoms with Crippen molar-refractivity contribution in [1.82, 2.24) is 0 Å². The maximum atomic E-state index is 10.00. The molecular weight excluding hydrogens is 312 g/mol. The van der Waals surface area contributed by atoms with Crippen molar-refractivity contribution in [2.45, 2.75) is 89.6 Å². The molecule has 1 aliphatic heterocycles. The average molecular weight is 344 g/mol. The molecule has 2 aliphatic rings. The van der Waals surface area contributed by atoms with Gasteiger partial charge in [-0.15, -0.1) is 6.58 Å². The van der Waals surface area contributed by atoms with Crippen molar-refractivity contribution in [3.05, 3.63) is 12.7 Å². The quantitative estimate of drug-likeness (QED) is 0.435. The second-order valence-corrected chi connectivity index (χ2v) is 7.33. The van der Waals surface area contributed by atoms with Gasteiger partial charge in [-0.3, -0.25) is 0 Å². The van der Waals surface area contributed by atoms with Crippen LogP contribution in [0.5, 0.6) is 0 Å². The van der Waals surface area contributed by atoms with Crippen LogP contribution in [0.4, 0.5) is 0 Å². The second kappa shape index (κ2) is 8.74. The minimum atomic E-state index is -0.839. The third-order valence-electron chi connectivity index (χ3n) is 4.77. The van der Waals surface area contributed by atoms with E-state index in [1.54, 1.807) is 0 Å². The molecule has 2 fully saturated rings. The summed E-state index contributed by atoms with van der Waals surface area (Å²) in [5, 5.41) is 29.7. The first-order valence-electron chi connectivity index (χ1n) is 8.95. The molecule has 0 spiro atoms. The summed E-state index contributed by atoms with van der Waals surface area (Å²) in [6.07, 6.45) is 0.938. The van der Waals surface area contributed by atoms with Crippen LogP contribution in [0.2, 0.25) is 0 Å². The molecule has 6 heteroatoms. The van der Waals surface area contributed by atoms with Gasteiger partial charge in [-0.2, -0.15) is 0 Å². The fraction of sp³-hybridized carbons (Fsp3) is 0.889. The van der Waals surface area contributed by atoms with E-state index < -0.39 is 30.9 Å². The van der Waals surface area contributed by atoms with Crippen LogP contribution in [0.15, 0.2) is 12.7 Å². The van der Waals surface area contributed by atoms with Gasteiger partial charge in [-0.25, -0.2) is 0 Å². The smallest absolute Gasteiger partial charge is 0.184 e. The Hall–Kier alpha value is -0.500. The Morgan fingerprint density at radius 3 is 2.54 bits per heavy atom. The molecule has 1 saturated heterocycles. The molecule has 1 heterocycles. The van der Waals surface area contributed by atoms with Crippen LogP contribution in [0.3, 0.4) is 0 Å². The van der Waals surface area contributed by atoms with Gasteiger partial charge in [0, 0.05) is 12.3 Å². The first kappa shape index (κ1) is 19.8. The molecule has 0 aromatic heterocycles. The lowest BCUT2D eigenvalue weighted by atomic mass is 10.0. The van der Waals surface area contributed by atoms with E-state index in [4.69, 9.17) is 14.2 Å². The van der Waals surface area contributed by atoms with Crippen LogP contribution >= 0.6 is 0 Å². The standard InChI is InChI=1S/C18H32O6/c1-5-16-14(19)9-15(20)18(24-16)23-11(4)6-7-12-8-13(12)17(21)22-10(2)3/h5,10-21H,1,6-9H2,2-4H3/t11-,12+,13+,14-,15-,16+,17?,18-/m1/s1. The normalized spacial score (nSPS) is 38.8. The molecule has 140 valence electrons. The first-order chi connectivity index (χ1) is 11.3. The Morgan fingerprint density at radius 1 is 1.21 bits per heavy atom. The summed E-state index contributed by atoms with van der Waals surface area (Å²) in [5.74, 6) is 0.682. The van der Waals surface area contributed by atoms with Gasteiger partial charge in [0.25, 0.3) is 0 Å². The maximum absolute atomic E-state index is 10.00. The van der Waals surface area contributed by atoms with Gasteiger partial charge in [-0.05, 0) is 46.0 Å². The lowest BCUT2D eigenvalue weighted by Gasteiger charge is -2.36. The fourth-order valence-corrected chi connectivity index (χ4v) is 3.24. The van der Waals surface area contributed by atoms with Gasteiger partial charge in [0.2, 0.25) is 0 Å². The van der Waals surface area contributed by atoms with Crippen LogP contribution in [0.1, 0.15) is 46.5 Å². The molecule has 8 atom stereocenters. The van der Waals surface area contributed by atoms with E-state index >= 15 is 0 Å². The van der Waals surface area contributed by atoms with E-state index in [1.807, 2.05) is 20.8 Å². The fourth-order valence-electron chi connectivity index (χ4n) is 3.24. The summed E-state index contributed by atoms with van der Waals surface area (Å²) >= 11 is 0. The van der Waals surface area contributed by atoms with Gasteiger partial charge in [0.15, 0.2) is 12.6 Å². The van der Waals surface area contributed by atoms with Crippen molar-refractivity contribution in [2.24, 2.45) is 11.8 Å². The molecule has 3 N–H and O–H groups in total. The molecule has 0 aromatic rings. The predicted octanol–water partition coefficient (Wildman–Crippen LogP) is 1.57. The molecule has 24 heavy (non-hydrogen) atoms. The Morgan fingerprint density at radius 2 is 1.92 bits per heavy atom. The van der Waals surface area contributed by atoms with E-state index in [1.165, 1.54) is 6.08 Å². The highest BCUT2D eigenvalue weighted by atomic mass is 16.7. The lowest BCUT2D eigenvalue weighted by Crippen LogP contribution is -2.48. The SMILES string of the molecule is C=C[C@@H]1O[C@@H](O[C@H](C)CC[C@H]2C[C@@H]2C(O)OC(C)C)[C@H](O)C[C@H]1O. The summed E-state index contributed by atoms with van der Waals surface area (Å²) in [4.78, 5) is 0. The Balaban J connectivity index is 1.68. The van der Waals surface area contributed by atoms with Crippen molar-refractivity contribution in [2.75, 3.05) is 0 Å². The maximum Gasteiger partial charge on any atom is 0.184 e. The zero-order valence-electron chi connectivity index (χ0n) is 14.9. The zero-order chi connectivity index (χ0) is 17.9. The molecule has 6 nitrogen and oxygen atoms in total. The minimum Gasteiger partial charge on any atom is -0.390 e. The van der Waals surface area contributed by atoms with Gasteiger partial charge >= 0.3 is 0 Å².